The summed E-state index contributed by atoms with van der Waals surface area (Å²) in [5.41, 5.74) is 7.87. The number of nitrogens with zero attached hydrogens (tertiary/aromatic N) is 4. The summed E-state index contributed by atoms with van der Waals surface area (Å²) in [4.78, 5) is 29.6. The third-order valence-electron chi connectivity index (χ3n) is 7.32. The molecule has 7 heterocycles. The molecular formula is C29H26N8OS. The molecule has 0 bridgehead atoms. The van der Waals surface area contributed by atoms with Gasteiger partial charge < -0.3 is 15.6 Å². The number of aromatic nitrogens is 6. The first kappa shape index (κ1) is 23.7. The van der Waals surface area contributed by atoms with E-state index in [1.807, 2.05) is 24.4 Å². The zero-order valence-corrected chi connectivity index (χ0v) is 21.9. The van der Waals surface area contributed by atoms with Crippen LogP contribution in [-0.2, 0) is 4.79 Å². The number of carbonyl (C=O) groups is 1. The normalized spacial score (nSPS) is 14.3. The summed E-state index contributed by atoms with van der Waals surface area (Å²) in [6.45, 7) is 1.95. The van der Waals surface area contributed by atoms with Crippen LogP contribution in [0.1, 0.15) is 19.3 Å². The van der Waals surface area contributed by atoms with E-state index in [0.29, 0.717) is 18.0 Å². The van der Waals surface area contributed by atoms with Gasteiger partial charge in [-0.3, -0.25) is 19.9 Å². The van der Waals surface area contributed by atoms with Crippen molar-refractivity contribution >= 4 is 44.9 Å². The van der Waals surface area contributed by atoms with Crippen molar-refractivity contribution in [3.8, 4) is 33.8 Å². The van der Waals surface area contributed by atoms with E-state index in [4.69, 9.17) is 0 Å². The van der Waals surface area contributed by atoms with E-state index in [0.717, 1.165) is 76.1 Å². The number of hydrogen-bond acceptors (Lipinski definition) is 7. The molecule has 194 valence electrons. The smallest absolute Gasteiger partial charge is 0.224 e. The van der Waals surface area contributed by atoms with Gasteiger partial charge in [0, 0.05) is 35.2 Å². The summed E-state index contributed by atoms with van der Waals surface area (Å²) in [5.74, 6) is 0.447. The van der Waals surface area contributed by atoms with Crippen LogP contribution in [0.4, 0.5) is 5.69 Å². The van der Waals surface area contributed by atoms with Gasteiger partial charge in [0.25, 0.3) is 0 Å². The predicted molar refractivity (Wildman–Crippen MR) is 154 cm³/mol. The highest BCUT2D eigenvalue weighted by Gasteiger charge is 2.18. The molecule has 6 aromatic rings. The van der Waals surface area contributed by atoms with Crippen LogP contribution in [0.15, 0.2) is 65.9 Å². The lowest BCUT2D eigenvalue weighted by molar-refractivity contribution is -0.117. The molecule has 4 N–H and O–H groups in total. The molecule has 1 amide bonds. The lowest BCUT2D eigenvalue weighted by Gasteiger charge is -2.21. The van der Waals surface area contributed by atoms with Crippen molar-refractivity contribution in [1.82, 2.24) is 35.5 Å². The van der Waals surface area contributed by atoms with Crippen molar-refractivity contribution in [3.63, 3.8) is 0 Å². The summed E-state index contributed by atoms with van der Waals surface area (Å²) in [6, 6.07) is 10.2. The second kappa shape index (κ2) is 10.0. The average Bonchev–Trinajstić information content (AvgIpc) is 3.73. The number of rotatable bonds is 6. The predicted octanol–water partition coefficient (Wildman–Crippen LogP) is 5.62. The van der Waals surface area contributed by atoms with Gasteiger partial charge in [-0.2, -0.15) is 16.4 Å². The van der Waals surface area contributed by atoms with Gasteiger partial charge in [0.15, 0.2) is 0 Å². The lowest BCUT2D eigenvalue weighted by atomic mass is 9.94. The van der Waals surface area contributed by atoms with Crippen molar-refractivity contribution < 1.29 is 4.79 Å². The molecular weight excluding hydrogens is 508 g/mol. The summed E-state index contributed by atoms with van der Waals surface area (Å²) < 4.78 is 0. The topological polar surface area (TPSA) is 124 Å². The number of aromatic amines is 2. The quantitative estimate of drug-likeness (QED) is 0.220. The first-order valence-electron chi connectivity index (χ1n) is 13.0. The van der Waals surface area contributed by atoms with Crippen molar-refractivity contribution in [2.75, 3.05) is 18.4 Å². The van der Waals surface area contributed by atoms with Gasteiger partial charge in [-0.1, -0.05) is 0 Å². The highest BCUT2D eigenvalue weighted by molar-refractivity contribution is 7.08. The standard InChI is InChI=1S/C29H26N8OS/c38-27(9-17-1-5-30-6-2-17)34-20-10-19(13-31-14-20)24-12-23-26(15-33-24)36-37-28(23)25-11-22-21(18-4-8-39-16-18)3-7-32-29(22)35-25/h3-4,7-8,10-17,30H,1-2,5-6,9H2,(H,32,35)(H,34,38)(H,36,37). The van der Waals surface area contributed by atoms with E-state index >= 15 is 0 Å². The molecule has 0 saturated carbocycles. The second-order valence-electron chi connectivity index (χ2n) is 9.91. The van der Waals surface area contributed by atoms with Crippen molar-refractivity contribution in [2.45, 2.75) is 19.3 Å². The fourth-order valence-electron chi connectivity index (χ4n) is 5.31. The fraction of sp³-hybridized carbons (Fsp3) is 0.207. The van der Waals surface area contributed by atoms with E-state index < -0.39 is 0 Å². The molecule has 1 saturated heterocycles. The Morgan fingerprint density at radius 2 is 1.95 bits per heavy atom. The van der Waals surface area contributed by atoms with E-state index in [1.54, 1.807) is 29.9 Å². The Labute approximate surface area is 228 Å². The molecule has 1 fully saturated rings. The Hall–Kier alpha value is -4.41. The monoisotopic (exact) mass is 534 g/mol. The summed E-state index contributed by atoms with van der Waals surface area (Å²) in [7, 11) is 0. The molecule has 0 aliphatic carbocycles. The van der Waals surface area contributed by atoms with Crippen LogP contribution in [0, 0.1) is 5.92 Å². The molecule has 0 unspecified atom stereocenters. The Morgan fingerprint density at radius 3 is 2.82 bits per heavy atom. The van der Waals surface area contributed by atoms with Gasteiger partial charge in [0.05, 0.1) is 35.0 Å². The highest BCUT2D eigenvalue weighted by Crippen LogP contribution is 2.34. The van der Waals surface area contributed by atoms with Gasteiger partial charge in [0.2, 0.25) is 5.91 Å². The largest absolute Gasteiger partial charge is 0.338 e. The number of thiophene rings is 1. The molecule has 0 atom stereocenters. The third-order valence-corrected chi connectivity index (χ3v) is 8.00. The SMILES string of the molecule is O=C(CC1CCNCC1)Nc1cncc(-c2cc3c(-c4cc5c(-c6ccsc6)ccnc5[nH]4)n[nH]c3cn2)c1. The zero-order valence-electron chi connectivity index (χ0n) is 21.1. The van der Waals surface area contributed by atoms with Crippen LogP contribution < -0.4 is 10.6 Å². The minimum absolute atomic E-state index is 0.0237. The lowest BCUT2D eigenvalue weighted by Crippen LogP contribution is -2.30. The van der Waals surface area contributed by atoms with Crippen LogP contribution in [0.3, 0.4) is 0 Å². The second-order valence-corrected chi connectivity index (χ2v) is 10.7. The maximum absolute atomic E-state index is 12.6. The molecule has 9 nitrogen and oxygen atoms in total. The molecule has 1 aliphatic rings. The Morgan fingerprint density at radius 1 is 1.03 bits per heavy atom. The van der Waals surface area contributed by atoms with E-state index in [2.05, 4.69) is 63.7 Å². The van der Waals surface area contributed by atoms with Crippen molar-refractivity contribution in [2.24, 2.45) is 5.92 Å². The van der Waals surface area contributed by atoms with E-state index in [1.165, 1.54) is 5.56 Å². The van der Waals surface area contributed by atoms with Crippen molar-refractivity contribution in [3.05, 3.63) is 65.9 Å². The Balaban J connectivity index is 1.19. The van der Waals surface area contributed by atoms with Gasteiger partial charge in [-0.05, 0) is 84.1 Å². The number of pyridine rings is 3. The number of hydrogen-bond donors (Lipinski definition) is 4. The van der Waals surface area contributed by atoms with E-state index in [9.17, 15) is 4.79 Å². The maximum atomic E-state index is 12.6. The van der Waals surface area contributed by atoms with Gasteiger partial charge in [-0.15, -0.1) is 0 Å². The molecule has 10 heteroatoms. The first-order valence-corrected chi connectivity index (χ1v) is 14.0. The van der Waals surface area contributed by atoms with Gasteiger partial charge >= 0.3 is 0 Å². The van der Waals surface area contributed by atoms with Crippen molar-refractivity contribution in [1.29, 1.82) is 0 Å². The van der Waals surface area contributed by atoms with Gasteiger partial charge in [-0.25, -0.2) is 4.98 Å². The van der Waals surface area contributed by atoms with Crippen LogP contribution in [0.2, 0.25) is 0 Å². The number of carbonyl (C=O) groups excluding carboxylic acids is 1. The molecule has 6 aromatic heterocycles. The molecule has 0 spiro atoms. The minimum Gasteiger partial charge on any atom is -0.338 e. The highest BCUT2D eigenvalue weighted by atomic mass is 32.1. The number of nitrogens with one attached hydrogen (secondary N) is 4. The Kier molecular flexibility index (Phi) is 6.10. The third kappa shape index (κ3) is 4.68. The van der Waals surface area contributed by atoms with E-state index in [-0.39, 0.29) is 5.91 Å². The average molecular weight is 535 g/mol. The Bertz CT molecular complexity index is 1780. The zero-order chi connectivity index (χ0) is 26.2. The fourth-order valence-corrected chi connectivity index (χ4v) is 5.97. The number of anilines is 1. The van der Waals surface area contributed by atoms with Gasteiger partial charge in [0.1, 0.15) is 11.3 Å². The summed E-state index contributed by atoms with van der Waals surface area (Å²) in [6.07, 6.45) is 9.63. The van der Waals surface area contributed by atoms with Crippen LogP contribution in [-0.4, -0.2) is 49.1 Å². The molecule has 7 rings (SSSR count). The summed E-state index contributed by atoms with van der Waals surface area (Å²) >= 11 is 1.68. The maximum Gasteiger partial charge on any atom is 0.224 e. The van der Waals surface area contributed by atoms with Crippen LogP contribution in [0.25, 0.3) is 55.7 Å². The number of piperidine rings is 1. The number of H-pyrrole nitrogens is 2. The summed E-state index contributed by atoms with van der Waals surface area (Å²) in [5, 5.41) is 20.3. The molecule has 39 heavy (non-hydrogen) atoms. The molecule has 0 aromatic carbocycles. The molecule has 0 radical (unpaired) electrons. The number of amides is 1. The number of fused-ring (bicyclic) bond motifs is 2. The minimum atomic E-state index is 0.0237. The van der Waals surface area contributed by atoms with Crippen LogP contribution >= 0.6 is 11.3 Å². The van der Waals surface area contributed by atoms with Crippen LogP contribution in [0.5, 0.6) is 0 Å². The first-order chi connectivity index (χ1) is 19.2. The molecule has 1 aliphatic heterocycles.